The molecular weight excluding hydrogens is 667 g/mol. The number of hydrogen-bond donors (Lipinski definition) is 4. The van der Waals surface area contributed by atoms with E-state index < -0.39 is 0 Å². The quantitative estimate of drug-likeness (QED) is 0.0428. The Labute approximate surface area is 330 Å². The van der Waals surface area contributed by atoms with E-state index in [-0.39, 0.29) is 0 Å². The van der Waals surface area contributed by atoms with Crippen LogP contribution in [0.1, 0.15) is 219 Å². The number of nitrogens with zero attached hydrogens (tertiary/aromatic N) is 5. The Hall–Kier alpha value is -2.97. The van der Waals surface area contributed by atoms with Gasteiger partial charge in [-0.1, -0.05) is 206 Å². The third-order valence-corrected chi connectivity index (χ3v) is 10.8. The van der Waals surface area contributed by atoms with Crippen molar-refractivity contribution in [3.8, 4) is 0 Å². The van der Waals surface area contributed by atoms with Gasteiger partial charge in [0, 0.05) is 18.8 Å². The van der Waals surface area contributed by atoms with E-state index >= 15 is 0 Å². The van der Waals surface area contributed by atoms with Gasteiger partial charge in [0.2, 0.25) is 17.8 Å². The Bertz CT molecular complexity index is 1220. The first kappa shape index (κ1) is 45.4. The summed E-state index contributed by atoms with van der Waals surface area (Å²) in [7, 11) is 0. The molecule has 54 heavy (non-hydrogen) atoms. The van der Waals surface area contributed by atoms with Crippen LogP contribution in [0.3, 0.4) is 0 Å². The molecule has 0 radical (unpaired) electrons. The van der Waals surface area contributed by atoms with Crippen molar-refractivity contribution >= 4 is 34.6 Å². The van der Waals surface area contributed by atoms with Crippen molar-refractivity contribution in [1.29, 1.82) is 0 Å². The summed E-state index contributed by atoms with van der Waals surface area (Å²) in [5.41, 5.74) is 2.51. The SMILES string of the molecule is CCCCCCCCCCCCCCCCCCNc1nc(NCCCCCCCCCCCCCCCCCC)nc(Nc2ccc3n[nH]nc3c2)n1. The Kier molecular flexibility index (Phi) is 27.2. The first-order valence-electron chi connectivity index (χ1n) is 23.1. The smallest absolute Gasteiger partial charge is 0.233 e. The fraction of sp³-hybridized carbons (Fsp3) is 0.800. The zero-order valence-electron chi connectivity index (χ0n) is 35.0. The molecule has 0 aliphatic carbocycles. The molecule has 0 saturated carbocycles. The van der Waals surface area contributed by atoms with E-state index in [9.17, 15) is 0 Å². The number of aromatic nitrogens is 6. The van der Waals surface area contributed by atoms with Crippen molar-refractivity contribution in [1.82, 2.24) is 30.4 Å². The van der Waals surface area contributed by atoms with Crippen molar-refractivity contribution < 1.29 is 0 Å². The minimum atomic E-state index is 0.525. The molecule has 9 nitrogen and oxygen atoms in total. The predicted molar refractivity (Wildman–Crippen MR) is 233 cm³/mol. The molecular formula is C45H81N9. The molecule has 0 aliphatic heterocycles. The Morgan fingerprint density at radius 2 is 0.722 bits per heavy atom. The van der Waals surface area contributed by atoms with E-state index in [4.69, 9.17) is 15.0 Å². The predicted octanol–water partition coefficient (Wildman–Crippen LogP) is 14.2. The summed E-state index contributed by atoms with van der Waals surface area (Å²) in [6, 6.07) is 5.87. The number of fused-ring (bicyclic) bond motifs is 1. The number of nitrogens with one attached hydrogen (secondary N) is 4. The minimum Gasteiger partial charge on any atom is -0.354 e. The molecule has 2 heterocycles. The molecule has 306 valence electrons. The van der Waals surface area contributed by atoms with Crippen LogP contribution in [0.15, 0.2) is 18.2 Å². The number of rotatable bonds is 38. The van der Waals surface area contributed by atoms with Crippen LogP contribution in [0.4, 0.5) is 23.5 Å². The van der Waals surface area contributed by atoms with Gasteiger partial charge in [-0.3, -0.25) is 0 Å². The van der Waals surface area contributed by atoms with Crippen LogP contribution in [-0.2, 0) is 0 Å². The highest BCUT2D eigenvalue weighted by molar-refractivity contribution is 5.79. The van der Waals surface area contributed by atoms with Crippen molar-refractivity contribution in [3.05, 3.63) is 18.2 Å². The maximum atomic E-state index is 4.73. The van der Waals surface area contributed by atoms with E-state index in [0.717, 1.165) is 42.7 Å². The lowest BCUT2D eigenvalue weighted by molar-refractivity contribution is 0.530. The topological polar surface area (TPSA) is 116 Å². The Balaban J connectivity index is 1.26. The van der Waals surface area contributed by atoms with Crippen molar-refractivity contribution in [2.24, 2.45) is 0 Å². The van der Waals surface area contributed by atoms with Gasteiger partial charge >= 0.3 is 0 Å². The molecule has 0 unspecified atom stereocenters. The van der Waals surface area contributed by atoms with Crippen LogP contribution in [0.5, 0.6) is 0 Å². The van der Waals surface area contributed by atoms with Gasteiger partial charge in [0.1, 0.15) is 11.0 Å². The molecule has 3 rings (SSSR count). The van der Waals surface area contributed by atoms with Crippen LogP contribution >= 0.6 is 0 Å². The van der Waals surface area contributed by atoms with Gasteiger partial charge in [-0.2, -0.15) is 30.4 Å². The first-order chi connectivity index (χ1) is 26.8. The summed E-state index contributed by atoms with van der Waals surface area (Å²) >= 11 is 0. The third-order valence-electron chi connectivity index (χ3n) is 10.8. The van der Waals surface area contributed by atoms with Crippen LogP contribution < -0.4 is 16.0 Å². The second kappa shape index (κ2) is 32.3. The molecule has 0 bridgehead atoms. The van der Waals surface area contributed by atoms with E-state index in [1.807, 2.05) is 18.2 Å². The summed E-state index contributed by atoms with van der Waals surface area (Å²) < 4.78 is 0. The van der Waals surface area contributed by atoms with Crippen LogP contribution in [-0.4, -0.2) is 43.5 Å². The summed E-state index contributed by atoms with van der Waals surface area (Å²) in [4.78, 5) is 14.1. The Morgan fingerprint density at radius 3 is 1.11 bits per heavy atom. The monoisotopic (exact) mass is 748 g/mol. The van der Waals surface area contributed by atoms with E-state index in [2.05, 4.69) is 45.2 Å². The molecule has 0 aliphatic rings. The van der Waals surface area contributed by atoms with Crippen LogP contribution in [0, 0.1) is 0 Å². The molecule has 0 atom stereocenters. The maximum Gasteiger partial charge on any atom is 0.233 e. The fourth-order valence-electron chi connectivity index (χ4n) is 7.38. The number of benzene rings is 1. The summed E-state index contributed by atoms with van der Waals surface area (Å²) in [6.07, 6.45) is 44.0. The summed E-state index contributed by atoms with van der Waals surface area (Å²) in [5, 5.41) is 21.4. The average molecular weight is 748 g/mol. The zero-order chi connectivity index (χ0) is 38.0. The second-order valence-electron chi connectivity index (χ2n) is 15.9. The van der Waals surface area contributed by atoms with Crippen molar-refractivity contribution in [2.75, 3.05) is 29.0 Å². The first-order valence-corrected chi connectivity index (χ1v) is 23.1. The third kappa shape index (κ3) is 23.1. The van der Waals surface area contributed by atoms with Gasteiger partial charge in [0.05, 0.1) is 0 Å². The van der Waals surface area contributed by atoms with E-state index in [1.54, 1.807) is 0 Å². The van der Waals surface area contributed by atoms with Crippen molar-refractivity contribution in [2.45, 2.75) is 219 Å². The van der Waals surface area contributed by atoms with Crippen molar-refractivity contribution in [3.63, 3.8) is 0 Å². The highest BCUT2D eigenvalue weighted by atomic mass is 15.3. The standard InChI is InChI=1S/C45H81N9/c1-3-5-7-9-11-13-15-17-19-21-23-25-27-29-31-33-37-46-43-49-44(51-45(50-43)48-40-35-36-41-42(39-40)53-54-52-41)47-38-34-32-30-28-26-24-22-20-18-16-14-12-10-8-6-4-2/h35-36,39H,3-34,37-38H2,1-2H3,(H,52,53,54)(H3,46,47,48,49,50,51). The number of aromatic amines is 1. The molecule has 9 heteroatoms. The molecule has 0 spiro atoms. The molecule has 0 amide bonds. The van der Waals surface area contributed by atoms with Crippen LogP contribution in [0.25, 0.3) is 11.0 Å². The highest BCUT2D eigenvalue weighted by Gasteiger charge is 2.09. The van der Waals surface area contributed by atoms with Gasteiger partial charge in [-0.25, -0.2) is 0 Å². The molecule has 0 saturated heterocycles. The molecule has 3 aromatic rings. The van der Waals surface area contributed by atoms with Crippen LogP contribution in [0.2, 0.25) is 0 Å². The average Bonchev–Trinajstić information content (AvgIpc) is 3.65. The van der Waals surface area contributed by atoms with Gasteiger partial charge in [-0.05, 0) is 31.0 Å². The maximum absolute atomic E-state index is 4.73. The number of H-pyrrole nitrogens is 1. The minimum absolute atomic E-state index is 0.525. The molecule has 0 fully saturated rings. The van der Waals surface area contributed by atoms with Gasteiger partial charge in [0.25, 0.3) is 0 Å². The van der Waals surface area contributed by atoms with Gasteiger partial charge < -0.3 is 16.0 Å². The Morgan fingerprint density at radius 1 is 0.389 bits per heavy atom. The molecule has 4 N–H and O–H groups in total. The van der Waals surface area contributed by atoms with E-state index in [0.29, 0.717) is 17.8 Å². The number of unbranched alkanes of at least 4 members (excludes halogenated alkanes) is 30. The normalized spacial score (nSPS) is 11.4. The molecule has 2 aromatic heterocycles. The zero-order valence-corrected chi connectivity index (χ0v) is 35.0. The van der Waals surface area contributed by atoms with E-state index in [1.165, 1.54) is 193 Å². The summed E-state index contributed by atoms with van der Waals surface area (Å²) in [5.74, 6) is 1.76. The lowest BCUT2D eigenvalue weighted by Crippen LogP contribution is -2.12. The lowest BCUT2D eigenvalue weighted by atomic mass is 10.0. The van der Waals surface area contributed by atoms with Gasteiger partial charge in [-0.15, -0.1) is 0 Å². The number of anilines is 4. The lowest BCUT2D eigenvalue weighted by Gasteiger charge is -2.11. The molecule has 1 aromatic carbocycles. The number of hydrogen-bond acceptors (Lipinski definition) is 8. The highest BCUT2D eigenvalue weighted by Crippen LogP contribution is 2.20. The fourth-order valence-corrected chi connectivity index (χ4v) is 7.38. The second-order valence-corrected chi connectivity index (χ2v) is 15.9. The van der Waals surface area contributed by atoms with Gasteiger partial charge in [0.15, 0.2) is 0 Å². The summed E-state index contributed by atoms with van der Waals surface area (Å²) in [6.45, 7) is 6.32. The largest absolute Gasteiger partial charge is 0.354 e.